The molecule has 2 aliphatic heterocycles. The zero-order valence-electron chi connectivity index (χ0n) is 8.13. The summed E-state index contributed by atoms with van der Waals surface area (Å²) in [6.45, 7) is 3.90. The summed E-state index contributed by atoms with van der Waals surface area (Å²) in [6, 6.07) is 0. The summed E-state index contributed by atoms with van der Waals surface area (Å²) in [7, 11) is 0. The highest BCUT2D eigenvalue weighted by molar-refractivity contribution is 4.71. The first-order valence-electron chi connectivity index (χ1n) is 5.39. The normalized spacial score (nSPS) is 35.1. The molecule has 0 aromatic rings. The van der Waals surface area contributed by atoms with Gasteiger partial charge in [0, 0.05) is 13.2 Å². The standard InChI is InChI=1S/C10H19NO2/c1-3-9(7-11-5-1)13-8-10-4-2-6-12-10/h9-11H,1-8H2/t9-,10+/m1/s1. The van der Waals surface area contributed by atoms with Crippen LogP contribution in [0.4, 0.5) is 0 Å². The van der Waals surface area contributed by atoms with Crippen molar-refractivity contribution < 1.29 is 9.47 Å². The van der Waals surface area contributed by atoms with E-state index < -0.39 is 0 Å². The molecular formula is C10H19NO2. The van der Waals surface area contributed by atoms with Crippen molar-refractivity contribution in [3.63, 3.8) is 0 Å². The Balaban J connectivity index is 1.60. The molecule has 3 nitrogen and oxygen atoms in total. The second-order valence-corrected chi connectivity index (χ2v) is 3.94. The van der Waals surface area contributed by atoms with Gasteiger partial charge in [0.25, 0.3) is 0 Å². The molecule has 0 spiro atoms. The molecule has 2 atom stereocenters. The molecule has 3 heteroatoms. The molecule has 76 valence electrons. The highest BCUT2D eigenvalue weighted by Gasteiger charge is 2.19. The molecule has 0 aromatic heterocycles. The SMILES string of the molecule is C1CNC[C@H](OC[C@@H]2CCCO2)C1. The maximum atomic E-state index is 5.78. The van der Waals surface area contributed by atoms with Crippen LogP contribution < -0.4 is 5.32 Å². The summed E-state index contributed by atoms with van der Waals surface area (Å²) >= 11 is 0. The molecule has 0 aliphatic carbocycles. The van der Waals surface area contributed by atoms with Crippen LogP contribution in [0.1, 0.15) is 25.7 Å². The minimum Gasteiger partial charge on any atom is -0.376 e. The number of hydrogen-bond acceptors (Lipinski definition) is 3. The van der Waals surface area contributed by atoms with Gasteiger partial charge in [0.05, 0.1) is 18.8 Å². The Morgan fingerprint density at radius 3 is 3.00 bits per heavy atom. The maximum absolute atomic E-state index is 5.78. The smallest absolute Gasteiger partial charge is 0.0809 e. The van der Waals surface area contributed by atoms with Crippen molar-refractivity contribution in [2.24, 2.45) is 0 Å². The molecule has 13 heavy (non-hydrogen) atoms. The number of nitrogens with one attached hydrogen (secondary N) is 1. The van der Waals surface area contributed by atoms with Crippen LogP contribution in [0.15, 0.2) is 0 Å². The molecule has 0 unspecified atom stereocenters. The number of piperidine rings is 1. The van der Waals surface area contributed by atoms with Crippen molar-refractivity contribution in [3.8, 4) is 0 Å². The van der Waals surface area contributed by atoms with Crippen LogP contribution in [0.3, 0.4) is 0 Å². The lowest BCUT2D eigenvalue weighted by atomic mass is 10.1. The third kappa shape index (κ3) is 2.93. The maximum Gasteiger partial charge on any atom is 0.0809 e. The Bertz CT molecular complexity index is 140. The first kappa shape index (κ1) is 9.44. The van der Waals surface area contributed by atoms with Crippen molar-refractivity contribution in [3.05, 3.63) is 0 Å². The summed E-state index contributed by atoms with van der Waals surface area (Å²) in [5.74, 6) is 0. The summed E-state index contributed by atoms with van der Waals surface area (Å²) < 4.78 is 11.3. The molecule has 0 bridgehead atoms. The lowest BCUT2D eigenvalue weighted by Gasteiger charge is -2.24. The fourth-order valence-corrected chi connectivity index (χ4v) is 1.98. The van der Waals surface area contributed by atoms with Crippen LogP contribution in [-0.2, 0) is 9.47 Å². The van der Waals surface area contributed by atoms with Crippen LogP contribution in [0.2, 0.25) is 0 Å². The van der Waals surface area contributed by atoms with Crippen molar-refractivity contribution in [1.82, 2.24) is 5.32 Å². The first-order chi connectivity index (χ1) is 6.45. The van der Waals surface area contributed by atoms with E-state index in [1.807, 2.05) is 0 Å². The molecule has 0 amide bonds. The number of ether oxygens (including phenoxy) is 2. The quantitative estimate of drug-likeness (QED) is 0.709. The van der Waals surface area contributed by atoms with Gasteiger partial charge in [-0.15, -0.1) is 0 Å². The molecule has 0 saturated carbocycles. The monoisotopic (exact) mass is 185 g/mol. The van der Waals surface area contributed by atoms with E-state index in [1.54, 1.807) is 0 Å². The molecule has 1 N–H and O–H groups in total. The van der Waals surface area contributed by atoms with Gasteiger partial charge in [0.1, 0.15) is 0 Å². The summed E-state index contributed by atoms with van der Waals surface area (Å²) in [5, 5.41) is 3.34. The van der Waals surface area contributed by atoms with Crippen LogP contribution in [0.25, 0.3) is 0 Å². The van der Waals surface area contributed by atoms with Gasteiger partial charge >= 0.3 is 0 Å². The van der Waals surface area contributed by atoms with Crippen LogP contribution in [0, 0.1) is 0 Å². The molecule has 2 saturated heterocycles. The number of rotatable bonds is 3. The Hall–Kier alpha value is -0.120. The number of hydrogen-bond donors (Lipinski definition) is 1. The average Bonchev–Trinajstić information content (AvgIpc) is 2.69. The highest BCUT2D eigenvalue weighted by Crippen LogP contribution is 2.14. The molecule has 2 fully saturated rings. The van der Waals surface area contributed by atoms with Gasteiger partial charge in [-0.1, -0.05) is 0 Å². The van der Waals surface area contributed by atoms with Gasteiger partial charge in [0.2, 0.25) is 0 Å². The van der Waals surface area contributed by atoms with Gasteiger partial charge < -0.3 is 14.8 Å². The highest BCUT2D eigenvalue weighted by atomic mass is 16.5. The molecule has 0 radical (unpaired) electrons. The van der Waals surface area contributed by atoms with E-state index in [9.17, 15) is 0 Å². The van der Waals surface area contributed by atoms with Crippen LogP contribution in [-0.4, -0.2) is 38.5 Å². The molecule has 2 heterocycles. The van der Waals surface area contributed by atoms with Crippen molar-refractivity contribution in [2.45, 2.75) is 37.9 Å². The first-order valence-corrected chi connectivity index (χ1v) is 5.39. The largest absolute Gasteiger partial charge is 0.376 e. The molecule has 2 rings (SSSR count). The topological polar surface area (TPSA) is 30.5 Å². The molecule has 0 aromatic carbocycles. The minimum absolute atomic E-state index is 0.377. The van der Waals surface area contributed by atoms with Gasteiger partial charge in [-0.05, 0) is 32.2 Å². The van der Waals surface area contributed by atoms with Gasteiger partial charge in [-0.3, -0.25) is 0 Å². The predicted octanol–water partition coefficient (Wildman–Crippen LogP) is 0.934. The van der Waals surface area contributed by atoms with E-state index in [1.165, 1.54) is 25.7 Å². The van der Waals surface area contributed by atoms with Crippen LogP contribution in [0.5, 0.6) is 0 Å². The zero-order chi connectivity index (χ0) is 8.93. The predicted molar refractivity (Wildman–Crippen MR) is 50.8 cm³/mol. The van der Waals surface area contributed by atoms with E-state index in [-0.39, 0.29) is 0 Å². The molecule has 2 aliphatic rings. The van der Waals surface area contributed by atoms with E-state index in [0.717, 1.165) is 26.3 Å². The third-order valence-electron chi connectivity index (χ3n) is 2.79. The van der Waals surface area contributed by atoms with E-state index >= 15 is 0 Å². The third-order valence-corrected chi connectivity index (χ3v) is 2.79. The summed E-state index contributed by atoms with van der Waals surface area (Å²) in [4.78, 5) is 0. The van der Waals surface area contributed by atoms with E-state index in [4.69, 9.17) is 9.47 Å². The van der Waals surface area contributed by atoms with Gasteiger partial charge in [0.15, 0.2) is 0 Å². The van der Waals surface area contributed by atoms with E-state index in [0.29, 0.717) is 12.2 Å². The summed E-state index contributed by atoms with van der Waals surface area (Å²) in [6.07, 6.45) is 5.65. The van der Waals surface area contributed by atoms with Gasteiger partial charge in [-0.2, -0.15) is 0 Å². The molecular weight excluding hydrogens is 166 g/mol. The fourth-order valence-electron chi connectivity index (χ4n) is 1.98. The fraction of sp³-hybridized carbons (Fsp3) is 1.00. The Kier molecular flexibility index (Phi) is 3.58. The average molecular weight is 185 g/mol. The van der Waals surface area contributed by atoms with Gasteiger partial charge in [-0.25, -0.2) is 0 Å². The van der Waals surface area contributed by atoms with Crippen molar-refractivity contribution in [2.75, 3.05) is 26.3 Å². The Labute approximate surface area is 79.8 Å². The van der Waals surface area contributed by atoms with Crippen molar-refractivity contribution >= 4 is 0 Å². The van der Waals surface area contributed by atoms with E-state index in [2.05, 4.69) is 5.32 Å². The second-order valence-electron chi connectivity index (χ2n) is 3.94. The lowest BCUT2D eigenvalue weighted by Crippen LogP contribution is -2.36. The minimum atomic E-state index is 0.377. The Morgan fingerprint density at radius 1 is 1.31 bits per heavy atom. The summed E-state index contributed by atoms with van der Waals surface area (Å²) in [5.41, 5.74) is 0. The Morgan fingerprint density at radius 2 is 2.31 bits per heavy atom. The lowest BCUT2D eigenvalue weighted by molar-refractivity contribution is -0.0274. The van der Waals surface area contributed by atoms with Crippen LogP contribution >= 0.6 is 0 Å². The van der Waals surface area contributed by atoms with Crippen molar-refractivity contribution in [1.29, 1.82) is 0 Å². The zero-order valence-corrected chi connectivity index (χ0v) is 8.13. The second kappa shape index (κ2) is 4.94.